The van der Waals surface area contributed by atoms with Gasteiger partial charge in [0.1, 0.15) is 35.2 Å². The summed E-state index contributed by atoms with van der Waals surface area (Å²) < 4.78 is 26.3. The zero-order valence-corrected chi connectivity index (χ0v) is 18.9. The predicted octanol–water partition coefficient (Wildman–Crippen LogP) is 5.23. The van der Waals surface area contributed by atoms with Gasteiger partial charge in [0.05, 0.1) is 5.39 Å². The van der Waals surface area contributed by atoms with Crippen LogP contribution in [-0.4, -0.2) is 47.5 Å². The highest BCUT2D eigenvalue weighted by Crippen LogP contribution is 2.28. The summed E-state index contributed by atoms with van der Waals surface area (Å²) in [4.78, 5) is 6.69. The van der Waals surface area contributed by atoms with Crippen molar-refractivity contribution in [3.63, 3.8) is 0 Å². The first-order valence-electron chi connectivity index (χ1n) is 10.3. The third-order valence-corrected chi connectivity index (χ3v) is 6.49. The van der Waals surface area contributed by atoms with Crippen LogP contribution in [0.25, 0.3) is 32.5 Å². The largest absolute Gasteiger partial charge is 0.492 e. The minimum absolute atomic E-state index is 0. The lowest BCUT2D eigenvalue weighted by atomic mass is 10.1. The second kappa shape index (κ2) is 9.85. The predicted molar refractivity (Wildman–Crippen MR) is 125 cm³/mol. The molecule has 0 spiro atoms. The highest BCUT2D eigenvalue weighted by Gasteiger charge is 2.18. The molecule has 5 rings (SSSR count). The van der Waals surface area contributed by atoms with Crippen molar-refractivity contribution in [3.8, 4) is 17.2 Å². The standard InChI is InChI=1S/C23H22FN3O3S.ClH/c24-16-3-6-27(7-4-16)8-9-29-17-1-2-21-18(11-17)19(26-28)12-22(30-21)20-13-23-15(14-25-20)5-10-31-23;/h1-2,5,10-14,16,28H,3-4,6-9H2;1H. The molecule has 1 N–H and O–H groups in total. The van der Waals surface area contributed by atoms with Crippen molar-refractivity contribution >= 4 is 44.8 Å². The number of likely N-dealkylation sites (tertiary alicyclic amines) is 1. The number of halogens is 2. The van der Waals surface area contributed by atoms with Crippen molar-refractivity contribution in [1.82, 2.24) is 9.88 Å². The van der Waals surface area contributed by atoms with Crippen LogP contribution in [0.4, 0.5) is 4.39 Å². The zero-order valence-electron chi connectivity index (χ0n) is 17.2. The molecule has 6 nitrogen and oxygen atoms in total. The first-order valence-corrected chi connectivity index (χ1v) is 11.2. The lowest BCUT2D eigenvalue weighted by molar-refractivity contribution is 0.132. The van der Waals surface area contributed by atoms with Gasteiger partial charge in [0.2, 0.25) is 0 Å². The number of nitrogens with zero attached hydrogens (tertiary/aromatic N) is 3. The molecule has 0 radical (unpaired) electrons. The normalized spacial score (nSPS) is 15.8. The minimum atomic E-state index is -0.672. The Balaban J connectivity index is 0.00000245. The topological polar surface area (TPSA) is 71.1 Å². The van der Waals surface area contributed by atoms with Crippen LogP contribution in [0.3, 0.4) is 0 Å². The Morgan fingerprint density at radius 2 is 2.06 bits per heavy atom. The lowest BCUT2D eigenvalue weighted by Gasteiger charge is -2.28. The molecule has 4 aromatic rings. The van der Waals surface area contributed by atoms with Gasteiger partial charge in [0.15, 0.2) is 5.76 Å². The summed E-state index contributed by atoms with van der Waals surface area (Å²) >= 11 is 1.64. The number of ether oxygens (including phenoxy) is 1. The molecule has 4 heterocycles. The Hall–Kier alpha value is -2.68. The van der Waals surface area contributed by atoms with Crippen LogP contribution < -0.4 is 10.1 Å². The first kappa shape index (κ1) is 22.5. The number of thiophene rings is 1. The zero-order chi connectivity index (χ0) is 21.2. The van der Waals surface area contributed by atoms with Crippen LogP contribution in [0.2, 0.25) is 0 Å². The molecule has 0 aliphatic carbocycles. The number of alkyl halides is 1. The Bertz CT molecular complexity index is 1280. The van der Waals surface area contributed by atoms with Gasteiger partial charge in [0, 0.05) is 42.0 Å². The number of rotatable bonds is 5. The maximum Gasteiger partial charge on any atom is 0.155 e. The summed E-state index contributed by atoms with van der Waals surface area (Å²) in [5.74, 6) is 1.19. The molecule has 3 aromatic heterocycles. The van der Waals surface area contributed by atoms with E-state index in [1.807, 2.05) is 29.8 Å². The fourth-order valence-corrected chi connectivity index (χ4v) is 4.65. The summed E-state index contributed by atoms with van der Waals surface area (Å²) in [7, 11) is 0. The maximum absolute atomic E-state index is 13.3. The molecule has 1 aliphatic heterocycles. The Labute approximate surface area is 194 Å². The molecule has 32 heavy (non-hydrogen) atoms. The van der Waals surface area contributed by atoms with E-state index in [4.69, 9.17) is 9.15 Å². The van der Waals surface area contributed by atoms with Crippen molar-refractivity contribution in [2.24, 2.45) is 5.16 Å². The smallest absolute Gasteiger partial charge is 0.155 e. The van der Waals surface area contributed by atoms with Gasteiger partial charge in [-0.3, -0.25) is 9.88 Å². The number of aromatic nitrogens is 1. The molecule has 1 aromatic carbocycles. The van der Waals surface area contributed by atoms with Gasteiger partial charge >= 0.3 is 0 Å². The maximum atomic E-state index is 13.3. The van der Waals surface area contributed by atoms with Gasteiger partial charge in [0.25, 0.3) is 0 Å². The highest BCUT2D eigenvalue weighted by molar-refractivity contribution is 7.17. The molecule has 0 bridgehead atoms. The van der Waals surface area contributed by atoms with E-state index in [-0.39, 0.29) is 12.4 Å². The van der Waals surface area contributed by atoms with E-state index in [0.717, 1.165) is 29.7 Å². The second-order valence-corrected chi connectivity index (χ2v) is 8.59. The summed E-state index contributed by atoms with van der Waals surface area (Å²) in [6.45, 7) is 2.79. The van der Waals surface area contributed by atoms with E-state index < -0.39 is 6.17 Å². The third-order valence-electron chi connectivity index (χ3n) is 5.61. The van der Waals surface area contributed by atoms with E-state index in [1.54, 1.807) is 29.5 Å². The van der Waals surface area contributed by atoms with Crippen molar-refractivity contribution in [2.75, 3.05) is 26.2 Å². The molecule has 168 valence electrons. The number of pyridine rings is 1. The molecular formula is C23H23ClFN3O3S. The molecule has 0 amide bonds. The summed E-state index contributed by atoms with van der Waals surface area (Å²) in [6.07, 6.45) is 2.32. The molecule has 9 heteroatoms. The summed E-state index contributed by atoms with van der Waals surface area (Å²) in [5.41, 5.74) is 1.26. The Kier molecular flexibility index (Phi) is 6.93. The number of benzene rings is 1. The summed E-state index contributed by atoms with van der Waals surface area (Å²) in [6, 6.07) is 11.1. The van der Waals surface area contributed by atoms with Gasteiger partial charge in [-0.05, 0) is 48.6 Å². The number of hydrogen-bond acceptors (Lipinski definition) is 7. The first-order chi connectivity index (χ1) is 15.2. The van der Waals surface area contributed by atoms with Gasteiger partial charge in [-0.1, -0.05) is 5.16 Å². The number of fused-ring (bicyclic) bond motifs is 2. The number of piperidine rings is 1. The fraction of sp³-hybridized carbons (Fsp3) is 0.304. The minimum Gasteiger partial charge on any atom is -0.492 e. The van der Waals surface area contributed by atoms with Gasteiger partial charge in [-0.2, -0.15) is 0 Å². The fourth-order valence-electron chi connectivity index (χ4n) is 3.85. The molecule has 1 saturated heterocycles. The Morgan fingerprint density at radius 3 is 2.88 bits per heavy atom. The molecule has 1 fully saturated rings. The van der Waals surface area contributed by atoms with Gasteiger partial charge in [-0.25, -0.2) is 4.39 Å². The monoisotopic (exact) mass is 475 g/mol. The Morgan fingerprint density at radius 1 is 1.22 bits per heavy atom. The van der Waals surface area contributed by atoms with Crippen LogP contribution in [0, 0.1) is 0 Å². The van der Waals surface area contributed by atoms with Crippen molar-refractivity contribution in [3.05, 3.63) is 53.3 Å². The lowest BCUT2D eigenvalue weighted by Crippen LogP contribution is -2.37. The van der Waals surface area contributed by atoms with Gasteiger partial charge in [-0.15, -0.1) is 23.7 Å². The third kappa shape index (κ3) is 4.72. The highest BCUT2D eigenvalue weighted by atomic mass is 35.5. The van der Waals surface area contributed by atoms with Crippen LogP contribution in [-0.2, 0) is 0 Å². The van der Waals surface area contributed by atoms with Crippen LogP contribution in [0.1, 0.15) is 12.8 Å². The van der Waals surface area contributed by atoms with Crippen molar-refractivity contribution in [2.45, 2.75) is 19.0 Å². The molecule has 0 saturated carbocycles. The SMILES string of the molecule is Cl.ON=c1cc(-c2cc3sccc3cn2)oc2ccc(OCCN3CCC(F)CC3)cc12. The average Bonchev–Trinajstić information content (AvgIpc) is 3.27. The number of hydrogen-bond donors (Lipinski definition) is 1. The average molecular weight is 476 g/mol. The summed E-state index contributed by atoms with van der Waals surface area (Å²) in [5, 5.41) is 17.2. The van der Waals surface area contributed by atoms with E-state index in [2.05, 4.69) is 15.0 Å². The van der Waals surface area contributed by atoms with E-state index >= 15 is 0 Å². The molecule has 0 unspecified atom stereocenters. The van der Waals surface area contributed by atoms with Crippen molar-refractivity contribution in [1.29, 1.82) is 0 Å². The van der Waals surface area contributed by atoms with Crippen LogP contribution in [0.5, 0.6) is 5.75 Å². The quantitative estimate of drug-likeness (QED) is 0.316. The van der Waals surface area contributed by atoms with E-state index in [0.29, 0.717) is 53.0 Å². The second-order valence-electron chi connectivity index (χ2n) is 7.65. The van der Waals surface area contributed by atoms with E-state index in [9.17, 15) is 9.60 Å². The van der Waals surface area contributed by atoms with E-state index in [1.165, 1.54) is 0 Å². The molecule has 0 atom stereocenters. The van der Waals surface area contributed by atoms with Crippen molar-refractivity contribution < 1.29 is 18.8 Å². The van der Waals surface area contributed by atoms with Crippen LogP contribution in [0.15, 0.2) is 57.5 Å². The van der Waals surface area contributed by atoms with Gasteiger partial charge < -0.3 is 14.4 Å². The molecular weight excluding hydrogens is 453 g/mol. The molecule has 1 aliphatic rings. The van der Waals surface area contributed by atoms with Crippen LogP contribution >= 0.6 is 23.7 Å².